The minimum atomic E-state index is -0.212. The van der Waals surface area contributed by atoms with E-state index >= 15 is 0 Å². The van der Waals surface area contributed by atoms with Crippen molar-refractivity contribution in [1.82, 2.24) is 14.9 Å². The number of aromatic nitrogens is 2. The van der Waals surface area contributed by atoms with Gasteiger partial charge in [0.15, 0.2) is 0 Å². The Balaban J connectivity index is 1.80. The minimum absolute atomic E-state index is 0.00181. The molecule has 1 N–H and O–H groups in total. The first-order chi connectivity index (χ1) is 11.4. The van der Waals surface area contributed by atoms with Gasteiger partial charge in [-0.1, -0.05) is 6.92 Å². The number of thiophene rings is 1. The number of hydrogen-bond donors (Lipinski definition) is 1. The molecule has 5 nitrogen and oxygen atoms in total. The molecule has 0 aromatic carbocycles. The van der Waals surface area contributed by atoms with E-state index in [1.54, 1.807) is 22.2 Å². The lowest BCUT2D eigenvalue weighted by Gasteiger charge is -2.24. The van der Waals surface area contributed by atoms with Gasteiger partial charge in [-0.15, -0.1) is 11.3 Å². The van der Waals surface area contributed by atoms with Gasteiger partial charge in [-0.25, -0.2) is 4.98 Å². The normalized spacial score (nSPS) is 14.6. The molecule has 0 saturated carbocycles. The average molecular weight is 347 g/mol. The number of amides is 1. The number of nitrogens with one attached hydrogen (secondary N) is 1. The molecule has 0 atom stereocenters. The van der Waals surface area contributed by atoms with Crippen LogP contribution >= 0.6 is 11.3 Å². The van der Waals surface area contributed by atoms with Crippen molar-refractivity contribution in [2.75, 3.05) is 0 Å². The standard InChI is InChI=1S/C18H25N3O2S/c1-4-18(2,3)20-14(22)9-10-21-11-19-16-15(17(21)23)12-7-5-6-8-13(12)24-16/h11H,4-10H2,1-3H3,(H,20,22). The molecule has 6 heteroatoms. The highest BCUT2D eigenvalue weighted by molar-refractivity contribution is 7.18. The fraction of sp³-hybridized carbons (Fsp3) is 0.611. The summed E-state index contributed by atoms with van der Waals surface area (Å²) in [5.41, 5.74) is 0.989. The number of hydrogen-bond acceptors (Lipinski definition) is 4. The summed E-state index contributed by atoms with van der Waals surface area (Å²) in [6, 6.07) is 0. The molecule has 0 bridgehead atoms. The SMILES string of the molecule is CCC(C)(C)NC(=O)CCn1cnc2sc3c(c2c1=O)CCCC3. The van der Waals surface area contributed by atoms with E-state index in [2.05, 4.69) is 10.3 Å². The Bertz CT molecular complexity index is 820. The molecule has 0 spiro atoms. The largest absolute Gasteiger partial charge is 0.351 e. The topological polar surface area (TPSA) is 64.0 Å². The van der Waals surface area contributed by atoms with Gasteiger partial charge < -0.3 is 5.32 Å². The van der Waals surface area contributed by atoms with Crippen LogP contribution in [-0.2, 0) is 24.2 Å². The molecule has 3 rings (SSSR count). The van der Waals surface area contributed by atoms with Crippen LogP contribution in [0.2, 0.25) is 0 Å². The van der Waals surface area contributed by atoms with E-state index in [-0.39, 0.29) is 17.0 Å². The van der Waals surface area contributed by atoms with Crippen LogP contribution in [0.1, 0.15) is 56.9 Å². The fourth-order valence-corrected chi connectivity index (χ4v) is 4.31. The second-order valence-corrected chi connectivity index (χ2v) is 8.25. The summed E-state index contributed by atoms with van der Waals surface area (Å²) >= 11 is 1.65. The lowest BCUT2D eigenvalue weighted by Crippen LogP contribution is -2.43. The molecular weight excluding hydrogens is 322 g/mol. The highest BCUT2D eigenvalue weighted by Gasteiger charge is 2.21. The molecule has 1 amide bonds. The summed E-state index contributed by atoms with van der Waals surface area (Å²) in [7, 11) is 0. The van der Waals surface area contributed by atoms with E-state index in [4.69, 9.17) is 0 Å². The van der Waals surface area contributed by atoms with Gasteiger partial charge in [0.1, 0.15) is 4.83 Å². The predicted molar refractivity (Wildman–Crippen MR) is 97.7 cm³/mol. The van der Waals surface area contributed by atoms with Crippen molar-refractivity contribution in [3.63, 3.8) is 0 Å². The maximum Gasteiger partial charge on any atom is 0.262 e. The monoisotopic (exact) mass is 347 g/mol. The van der Waals surface area contributed by atoms with E-state index in [0.717, 1.165) is 35.9 Å². The molecule has 2 aromatic rings. The Labute approximate surface area is 146 Å². The first-order valence-electron chi connectivity index (χ1n) is 8.72. The molecule has 24 heavy (non-hydrogen) atoms. The van der Waals surface area contributed by atoms with Crippen molar-refractivity contribution in [1.29, 1.82) is 0 Å². The van der Waals surface area contributed by atoms with Gasteiger partial charge in [0.2, 0.25) is 5.91 Å². The number of carbonyl (C=O) groups excluding carboxylic acids is 1. The minimum Gasteiger partial charge on any atom is -0.351 e. The number of fused-ring (bicyclic) bond motifs is 3. The van der Waals surface area contributed by atoms with Gasteiger partial charge >= 0.3 is 0 Å². The fourth-order valence-electron chi connectivity index (χ4n) is 3.09. The van der Waals surface area contributed by atoms with Crippen LogP contribution in [-0.4, -0.2) is 21.0 Å². The van der Waals surface area contributed by atoms with Crippen LogP contribution in [0, 0.1) is 0 Å². The molecule has 0 aliphatic heterocycles. The van der Waals surface area contributed by atoms with E-state index in [1.165, 1.54) is 16.9 Å². The van der Waals surface area contributed by atoms with Crippen LogP contribution in [0.5, 0.6) is 0 Å². The zero-order valence-electron chi connectivity index (χ0n) is 14.6. The first kappa shape index (κ1) is 17.1. The van der Waals surface area contributed by atoms with Crippen molar-refractivity contribution in [2.24, 2.45) is 0 Å². The smallest absolute Gasteiger partial charge is 0.262 e. The molecule has 0 fully saturated rings. The zero-order chi connectivity index (χ0) is 17.3. The third-order valence-electron chi connectivity index (χ3n) is 4.88. The van der Waals surface area contributed by atoms with Gasteiger partial charge in [0, 0.05) is 23.4 Å². The van der Waals surface area contributed by atoms with Crippen LogP contribution in [0.25, 0.3) is 10.2 Å². The van der Waals surface area contributed by atoms with Crippen molar-refractivity contribution >= 4 is 27.5 Å². The molecular formula is C18H25N3O2S. The average Bonchev–Trinajstić information content (AvgIpc) is 2.93. The molecule has 0 radical (unpaired) electrons. The first-order valence-corrected chi connectivity index (χ1v) is 9.53. The van der Waals surface area contributed by atoms with Crippen molar-refractivity contribution in [3.8, 4) is 0 Å². The van der Waals surface area contributed by atoms with Crippen LogP contribution in [0.4, 0.5) is 0 Å². The van der Waals surface area contributed by atoms with Crippen molar-refractivity contribution < 1.29 is 4.79 Å². The summed E-state index contributed by atoms with van der Waals surface area (Å²) in [5.74, 6) is -0.0267. The van der Waals surface area contributed by atoms with Crippen molar-refractivity contribution in [3.05, 3.63) is 27.1 Å². The highest BCUT2D eigenvalue weighted by Crippen LogP contribution is 2.33. The van der Waals surface area contributed by atoms with E-state index in [9.17, 15) is 9.59 Å². The Hall–Kier alpha value is -1.69. The molecule has 0 saturated heterocycles. The lowest BCUT2D eigenvalue weighted by molar-refractivity contribution is -0.122. The van der Waals surface area contributed by atoms with Gasteiger partial charge in [0.05, 0.1) is 11.7 Å². The maximum absolute atomic E-state index is 12.8. The Kier molecular flexibility index (Phi) is 4.76. The summed E-state index contributed by atoms with van der Waals surface area (Å²) < 4.78 is 1.59. The number of aryl methyl sites for hydroxylation is 3. The lowest BCUT2D eigenvalue weighted by atomic mass is 9.97. The van der Waals surface area contributed by atoms with Gasteiger partial charge in [0.25, 0.3) is 5.56 Å². The van der Waals surface area contributed by atoms with Crippen LogP contribution < -0.4 is 10.9 Å². The molecule has 2 aromatic heterocycles. The quantitative estimate of drug-likeness (QED) is 0.904. The summed E-state index contributed by atoms with van der Waals surface area (Å²) in [6.07, 6.45) is 7.12. The van der Waals surface area contributed by atoms with Crippen LogP contribution in [0.15, 0.2) is 11.1 Å². The van der Waals surface area contributed by atoms with Gasteiger partial charge in [-0.05, 0) is 51.5 Å². The molecule has 1 aliphatic rings. The summed E-state index contributed by atoms with van der Waals surface area (Å²) in [4.78, 5) is 31.5. The Morgan fingerprint density at radius 1 is 1.38 bits per heavy atom. The third-order valence-corrected chi connectivity index (χ3v) is 6.08. The highest BCUT2D eigenvalue weighted by atomic mass is 32.1. The van der Waals surface area contributed by atoms with E-state index in [0.29, 0.717) is 13.0 Å². The number of rotatable bonds is 5. The zero-order valence-corrected chi connectivity index (χ0v) is 15.5. The van der Waals surface area contributed by atoms with Gasteiger partial charge in [-0.3, -0.25) is 14.2 Å². The van der Waals surface area contributed by atoms with Crippen molar-refractivity contribution in [2.45, 2.75) is 71.4 Å². The van der Waals surface area contributed by atoms with E-state index in [1.807, 2.05) is 20.8 Å². The van der Waals surface area contributed by atoms with Crippen LogP contribution in [0.3, 0.4) is 0 Å². The Morgan fingerprint density at radius 2 is 2.12 bits per heavy atom. The van der Waals surface area contributed by atoms with E-state index < -0.39 is 0 Å². The Morgan fingerprint density at radius 3 is 2.88 bits per heavy atom. The predicted octanol–water partition coefficient (Wildman–Crippen LogP) is 3.03. The molecule has 0 unspecified atom stereocenters. The summed E-state index contributed by atoms with van der Waals surface area (Å²) in [6.45, 7) is 6.42. The number of nitrogens with zero attached hydrogens (tertiary/aromatic N) is 2. The third kappa shape index (κ3) is 3.38. The molecule has 2 heterocycles. The molecule has 1 aliphatic carbocycles. The van der Waals surface area contributed by atoms with Gasteiger partial charge in [-0.2, -0.15) is 0 Å². The molecule has 130 valence electrons. The maximum atomic E-state index is 12.8. The number of carbonyl (C=O) groups is 1. The second-order valence-electron chi connectivity index (χ2n) is 7.17. The summed E-state index contributed by atoms with van der Waals surface area (Å²) in [5, 5.41) is 3.79. The second kappa shape index (κ2) is 6.67.